The zero-order valence-electron chi connectivity index (χ0n) is 11.0. The fourth-order valence-corrected chi connectivity index (χ4v) is 2.21. The lowest BCUT2D eigenvalue weighted by molar-refractivity contribution is 0.0891. The van der Waals surface area contributed by atoms with Crippen molar-refractivity contribution in [3.63, 3.8) is 0 Å². The molecule has 0 unspecified atom stereocenters. The Balaban J connectivity index is 0.00000162. The molecule has 1 aromatic carbocycles. The minimum absolute atomic E-state index is 0. The summed E-state index contributed by atoms with van der Waals surface area (Å²) in [6.45, 7) is 4.93. The summed E-state index contributed by atoms with van der Waals surface area (Å²) in [5.74, 6) is -0.0562. The van der Waals surface area contributed by atoms with E-state index in [0.29, 0.717) is 16.7 Å². The third-order valence-corrected chi connectivity index (χ3v) is 3.69. The highest BCUT2D eigenvalue weighted by Gasteiger charge is 2.32. The number of hydrogen-bond acceptors (Lipinski definition) is 2. The minimum atomic E-state index is -0.0562. The molecule has 18 heavy (non-hydrogen) atoms. The van der Waals surface area contributed by atoms with Crippen molar-refractivity contribution < 1.29 is 4.79 Å². The fraction of sp³-hybridized carbons (Fsp3) is 0.500. The summed E-state index contributed by atoms with van der Waals surface area (Å²) < 4.78 is 0. The van der Waals surface area contributed by atoms with Gasteiger partial charge in [0.2, 0.25) is 0 Å². The molecule has 0 bridgehead atoms. The first-order valence-corrected chi connectivity index (χ1v) is 6.15. The van der Waals surface area contributed by atoms with Crippen LogP contribution in [0.25, 0.3) is 0 Å². The Bertz CT molecular complexity index is 441. The molecule has 1 amide bonds. The molecule has 0 spiro atoms. The van der Waals surface area contributed by atoms with Gasteiger partial charge >= 0.3 is 0 Å². The summed E-state index contributed by atoms with van der Waals surface area (Å²) in [4.78, 5) is 12.0. The molecule has 1 aliphatic rings. The SMILES string of the molecule is Cc1ccc(N)c(C(=O)NCC2(C)CCC2)c1.Cl. The molecule has 2 rings (SSSR count). The largest absolute Gasteiger partial charge is 0.398 e. The minimum Gasteiger partial charge on any atom is -0.398 e. The second-order valence-electron chi connectivity index (χ2n) is 5.44. The van der Waals surface area contributed by atoms with Crippen LogP contribution in [0.4, 0.5) is 5.69 Å². The average molecular weight is 269 g/mol. The maximum absolute atomic E-state index is 12.0. The standard InChI is InChI=1S/C14H20N2O.ClH/c1-10-4-5-12(15)11(8-10)13(17)16-9-14(2)6-3-7-14;/h4-5,8H,3,6-7,9,15H2,1-2H3,(H,16,17);1H. The number of nitrogens with two attached hydrogens (primary N) is 1. The Labute approximate surface area is 115 Å². The number of nitrogens with one attached hydrogen (secondary N) is 1. The number of aryl methyl sites for hydroxylation is 1. The Kier molecular flexibility index (Phi) is 4.63. The highest BCUT2D eigenvalue weighted by atomic mass is 35.5. The number of nitrogen functional groups attached to an aromatic ring is 1. The van der Waals surface area contributed by atoms with Crippen LogP contribution in [0.1, 0.15) is 42.1 Å². The molecular weight excluding hydrogens is 248 g/mol. The Hall–Kier alpha value is -1.22. The summed E-state index contributed by atoms with van der Waals surface area (Å²) in [5, 5.41) is 2.99. The number of halogens is 1. The molecule has 1 aromatic rings. The molecule has 1 fully saturated rings. The van der Waals surface area contributed by atoms with Gasteiger partial charge in [0.25, 0.3) is 5.91 Å². The molecule has 0 saturated heterocycles. The zero-order chi connectivity index (χ0) is 12.5. The van der Waals surface area contributed by atoms with Gasteiger partial charge in [-0.2, -0.15) is 0 Å². The summed E-state index contributed by atoms with van der Waals surface area (Å²) >= 11 is 0. The first kappa shape index (κ1) is 14.8. The van der Waals surface area contributed by atoms with Gasteiger partial charge in [0, 0.05) is 12.2 Å². The van der Waals surface area contributed by atoms with E-state index in [9.17, 15) is 4.79 Å². The van der Waals surface area contributed by atoms with Crippen molar-refractivity contribution in [3.05, 3.63) is 29.3 Å². The topological polar surface area (TPSA) is 55.1 Å². The predicted octanol–water partition coefficient (Wildman–Crippen LogP) is 2.92. The number of carbonyl (C=O) groups is 1. The Morgan fingerprint density at radius 3 is 2.67 bits per heavy atom. The molecule has 0 aromatic heterocycles. The van der Waals surface area contributed by atoms with Crippen molar-refractivity contribution in [3.8, 4) is 0 Å². The van der Waals surface area contributed by atoms with Crippen LogP contribution < -0.4 is 11.1 Å². The number of anilines is 1. The van der Waals surface area contributed by atoms with E-state index in [1.807, 2.05) is 19.1 Å². The third kappa shape index (κ3) is 3.16. The van der Waals surface area contributed by atoms with Gasteiger partial charge in [0.1, 0.15) is 0 Å². The molecular formula is C14H21ClN2O. The van der Waals surface area contributed by atoms with E-state index in [1.165, 1.54) is 19.3 Å². The van der Waals surface area contributed by atoms with E-state index < -0.39 is 0 Å². The molecule has 1 saturated carbocycles. The number of benzene rings is 1. The predicted molar refractivity (Wildman–Crippen MR) is 77.1 cm³/mol. The maximum atomic E-state index is 12.0. The molecule has 3 nitrogen and oxygen atoms in total. The van der Waals surface area contributed by atoms with Crippen molar-refractivity contribution in [2.75, 3.05) is 12.3 Å². The molecule has 0 heterocycles. The van der Waals surface area contributed by atoms with E-state index in [0.717, 1.165) is 12.1 Å². The lowest BCUT2D eigenvalue weighted by atomic mass is 9.70. The normalized spacial score (nSPS) is 16.3. The highest BCUT2D eigenvalue weighted by molar-refractivity contribution is 5.99. The van der Waals surface area contributed by atoms with E-state index >= 15 is 0 Å². The monoisotopic (exact) mass is 268 g/mol. The zero-order valence-corrected chi connectivity index (χ0v) is 11.8. The van der Waals surface area contributed by atoms with Gasteiger partial charge in [0.05, 0.1) is 5.56 Å². The summed E-state index contributed by atoms with van der Waals surface area (Å²) in [6, 6.07) is 5.54. The van der Waals surface area contributed by atoms with Crippen molar-refractivity contribution >= 4 is 24.0 Å². The lowest BCUT2D eigenvalue weighted by Crippen LogP contribution is -2.40. The van der Waals surface area contributed by atoms with Gasteiger partial charge in [-0.15, -0.1) is 12.4 Å². The fourth-order valence-electron chi connectivity index (χ4n) is 2.21. The van der Waals surface area contributed by atoms with Gasteiger partial charge in [-0.05, 0) is 37.3 Å². The number of amides is 1. The van der Waals surface area contributed by atoms with Crippen molar-refractivity contribution in [1.82, 2.24) is 5.32 Å². The second kappa shape index (κ2) is 5.61. The summed E-state index contributed by atoms with van der Waals surface area (Å²) in [7, 11) is 0. The van der Waals surface area contributed by atoms with Crippen molar-refractivity contribution in [2.24, 2.45) is 5.41 Å². The van der Waals surface area contributed by atoms with Crippen molar-refractivity contribution in [1.29, 1.82) is 0 Å². The first-order valence-electron chi connectivity index (χ1n) is 6.15. The maximum Gasteiger partial charge on any atom is 0.253 e. The van der Waals surface area contributed by atoms with Gasteiger partial charge in [0.15, 0.2) is 0 Å². The summed E-state index contributed by atoms with van der Waals surface area (Å²) in [6.07, 6.45) is 3.69. The first-order chi connectivity index (χ1) is 8.00. The lowest BCUT2D eigenvalue weighted by Gasteiger charge is -2.38. The average Bonchev–Trinajstić information content (AvgIpc) is 2.26. The van der Waals surface area contributed by atoms with Gasteiger partial charge in [-0.25, -0.2) is 0 Å². The quantitative estimate of drug-likeness (QED) is 0.828. The van der Waals surface area contributed by atoms with Crippen LogP contribution >= 0.6 is 12.4 Å². The van der Waals surface area contributed by atoms with Crippen LogP contribution in [0.15, 0.2) is 18.2 Å². The molecule has 0 aliphatic heterocycles. The van der Waals surface area contributed by atoms with Gasteiger partial charge in [-0.1, -0.05) is 25.0 Å². The van der Waals surface area contributed by atoms with Crippen molar-refractivity contribution in [2.45, 2.75) is 33.1 Å². The molecule has 0 atom stereocenters. The molecule has 0 radical (unpaired) electrons. The summed E-state index contributed by atoms with van der Waals surface area (Å²) in [5.41, 5.74) is 8.31. The van der Waals surface area contributed by atoms with E-state index in [1.54, 1.807) is 6.07 Å². The molecule has 100 valence electrons. The number of rotatable bonds is 3. The molecule has 1 aliphatic carbocycles. The molecule has 3 N–H and O–H groups in total. The van der Waals surface area contributed by atoms with E-state index in [4.69, 9.17) is 5.73 Å². The van der Waals surface area contributed by atoms with Crippen LogP contribution in [0.2, 0.25) is 0 Å². The van der Waals surface area contributed by atoms with E-state index in [2.05, 4.69) is 12.2 Å². The highest BCUT2D eigenvalue weighted by Crippen LogP contribution is 2.39. The van der Waals surface area contributed by atoms with E-state index in [-0.39, 0.29) is 18.3 Å². The molecule has 4 heteroatoms. The Morgan fingerprint density at radius 1 is 1.44 bits per heavy atom. The van der Waals surface area contributed by atoms with Crippen LogP contribution in [-0.2, 0) is 0 Å². The smallest absolute Gasteiger partial charge is 0.253 e. The van der Waals surface area contributed by atoms with Crippen LogP contribution in [0.5, 0.6) is 0 Å². The van der Waals surface area contributed by atoms with Gasteiger partial charge < -0.3 is 11.1 Å². The number of hydrogen-bond donors (Lipinski definition) is 2. The second-order valence-corrected chi connectivity index (χ2v) is 5.44. The van der Waals surface area contributed by atoms with Crippen LogP contribution in [0, 0.1) is 12.3 Å². The van der Waals surface area contributed by atoms with Crippen LogP contribution in [0.3, 0.4) is 0 Å². The van der Waals surface area contributed by atoms with Crippen LogP contribution in [-0.4, -0.2) is 12.5 Å². The van der Waals surface area contributed by atoms with Gasteiger partial charge in [-0.3, -0.25) is 4.79 Å². The number of carbonyl (C=O) groups excluding carboxylic acids is 1. The Morgan fingerprint density at radius 2 is 2.11 bits per heavy atom. The third-order valence-electron chi connectivity index (χ3n) is 3.69.